The van der Waals surface area contributed by atoms with E-state index in [-0.39, 0.29) is 23.1 Å². The van der Waals surface area contributed by atoms with Crippen molar-refractivity contribution in [1.82, 2.24) is 5.32 Å². The quantitative estimate of drug-likeness (QED) is 0.788. The van der Waals surface area contributed by atoms with Gasteiger partial charge in [-0.05, 0) is 25.7 Å². The molecule has 0 aromatic carbocycles. The molecule has 19 heavy (non-hydrogen) atoms. The van der Waals surface area contributed by atoms with Gasteiger partial charge in [-0.3, -0.25) is 9.59 Å². The maximum atomic E-state index is 12.1. The fraction of sp³-hybridized carbons (Fsp3) is 0.857. The van der Waals surface area contributed by atoms with Gasteiger partial charge >= 0.3 is 5.97 Å². The largest absolute Gasteiger partial charge is 0.480 e. The zero-order valence-electron chi connectivity index (χ0n) is 12.0. The summed E-state index contributed by atoms with van der Waals surface area (Å²) in [6.07, 6.45) is 5.71. The lowest BCUT2D eigenvalue weighted by Crippen LogP contribution is -2.41. The second-order valence-electron chi connectivity index (χ2n) is 5.62. The molecular weight excluding hydrogens is 262 g/mol. The van der Waals surface area contributed by atoms with Gasteiger partial charge in [0.05, 0.1) is 5.25 Å². The van der Waals surface area contributed by atoms with Crippen LogP contribution < -0.4 is 5.32 Å². The molecule has 5 heteroatoms. The van der Waals surface area contributed by atoms with Gasteiger partial charge in [-0.1, -0.05) is 33.1 Å². The fourth-order valence-corrected chi connectivity index (χ4v) is 3.41. The number of carboxylic acid groups (broad SMARTS) is 1. The van der Waals surface area contributed by atoms with Gasteiger partial charge in [-0.25, -0.2) is 0 Å². The average molecular weight is 287 g/mol. The number of rotatable bonds is 6. The topological polar surface area (TPSA) is 66.4 Å². The molecule has 0 aliphatic heterocycles. The van der Waals surface area contributed by atoms with E-state index in [4.69, 9.17) is 5.11 Å². The van der Waals surface area contributed by atoms with Crippen molar-refractivity contribution < 1.29 is 14.7 Å². The molecule has 1 aliphatic carbocycles. The first-order valence-corrected chi connectivity index (χ1v) is 8.04. The van der Waals surface area contributed by atoms with Crippen LogP contribution >= 0.6 is 11.8 Å². The van der Waals surface area contributed by atoms with Crippen molar-refractivity contribution in [1.29, 1.82) is 0 Å². The van der Waals surface area contributed by atoms with Crippen molar-refractivity contribution in [3.05, 3.63) is 0 Å². The molecule has 0 aromatic rings. The Bertz CT molecular complexity index is 314. The van der Waals surface area contributed by atoms with E-state index in [2.05, 4.69) is 5.32 Å². The SMILES string of the molecule is CC(SC(C(=O)O)C(C)C)C(=O)NC1CCCCC1. The lowest BCUT2D eigenvalue weighted by Gasteiger charge is -2.25. The molecule has 110 valence electrons. The highest BCUT2D eigenvalue weighted by atomic mass is 32.2. The Kier molecular flexibility index (Phi) is 6.69. The predicted molar refractivity (Wildman–Crippen MR) is 78.3 cm³/mol. The first kappa shape index (κ1) is 16.3. The summed E-state index contributed by atoms with van der Waals surface area (Å²) in [5, 5.41) is 11.4. The van der Waals surface area contributed by atoms with Crippen molar-refractivity contribution in [2.45, 2.75) is 69.4 Å². The van der Waals surface area contributed by atoms with Crippen molar-refractivity contribution in [3.8, 4) is 0 Å². The molecular formula is C14H25NO3S. The second kappa shape index (κ2) is 7.78. The molecule has 2 atom stereocenters. The average Bonchev–Trinajstić information content (AvgIpc) is 2.35. The molecule has 1 fully saturated rings. The Hall–Kier alpha value is -0.710. The van der Waals surface area contributed by atoms with E-state index in [1.54, 1.807) is 6.92 Å². The zero-order valence-corrected chi connectivity index (χ0v) is 12.8. The molecule has 1 aliphatic rings. The number of thioether (sulfide) groups is 1. The van der Waals surface area contributed by atoms with Crippen LogP contribution in [-0.4, -0.2) is 33.5 Å². The van der Waals surface area contributed by atoms with Crippen molar-refractivity contribution in [2.75, 3.05) is 0 Å². The molecule has 0 bridgehead atoms. The van der Waals surface area contributed by atoms with Gasteiger partial charge in [0.2, 0.25) is 5.91 Å². The monoisotopic (exact) mass is 287 g/mol. The Labute approximate surface area is 119 Å². The third-order valence-corrected chi connectivity index (χ3v) is 5.18. The van der Waals surface area contributed by atoms with E-state index in [9.17, 15) is 9.59 Å². The smallest absolute Gasteiger partial charge is 0.316 e. The summed E-state index contributed by atoms with van der Waals surface area (Å²) in [4.78, 5) is 23.2. The summed E-state index contributed by atoms with van der Waals surface area (Å²) in [6, 6.07) is 0.284. The van der Waals surface area contributed by atoms with Gasteiger partial charge in [0.15, 0.2) is 0 Å². The molecule has 4 nitrogen and oxygen atoms in total. The molecule has 1 rings (SSSR count). The minimum atomic E-state index is -0.836. The Morgan fingerprint density at radius 3 is 2.21 bits per heavy atom. The number of carbonyl (C=O) groups is 2. The van der Waals surface area contributed by atoms with E-state index in [1.165, 1.54) is 31.0 Å². The highest BCUT2D eigenvalue weighted by Gasteiger charge is 2.28. The standard InChI is InChI=1S/C14H25NO3S/c1-9(2)12(14(17)18)19-10(3)13(16)15-11-7-5-4-6-8-11/h9-12H,4-8H2,1-3H3,(H,15,16)(H,17,18). The number of nitrogens with one attached hydrogen (secondary N) is 1. The summed E-state index contributed by atoms with van der Waals surface area (Å²) in [5.41, 5.74) is 0. The Morgan fingerprint density at radius 1 is 1.16 bits per heavy atom. The van der Waals surface area contributed by atoms with E-state index < -0.39 is 11.2 Å². The van der Waals surface area contributed by atoms with Gasteiger partial charge in [0.25, 0.3) is 0 Å². The van der Waals surface area contributed by atoms with E-state index in [0.717, 1.165) is 12.8 Å². The molecule has 1 amide bonds. The highest BCUT2D eigenvalue weighted by molar-refractivity contribution is 8.01. The number of amides is 1. The van der Waals surface area contributed by atoms with E-state index in [1.807, 2.05) is 13.8 Å². The molecule has 1 saturated carbocycles. The van der Waals surface area contributed by atoms with Crippen molar-refractivity contribution in [3.63, 3.8) is 0 Å². The number of carboxylic acids is 1. The molecule has 0 radical (unpaired) electrons. The molecule has 0 heterocycles. The maximum Gasteiger partial charge on any atom is 0.316 e. The van der Waals surface area contributed by atoms with Gasteiger partial charge < -0.3 is 10.4 Å². The summed E-state index contributed by atoms with van der Waals surface area (Å²) >= 11 is 1.25. The Morgan fingerprint density at radius 2 is 1.74 bits per heavy atom. The van der Waals surface area contributed by atoms with Crippen LogP contribution in [0, 0.1) is 5.92 Å². The zero-order chi connectivity index (χ0) is 14.4. The van der Waals surface area contributed by atoms with Crippen LogP contribution in [0.3, 0.4) is 0 Å². The predicted octanol–water partition coefficient (Wildman–Crippen LogP) is 2.67. The molecule has 0 saturated heterocycles. The number of aliphatic carboxylic acids is 1. The minimum Gasteiger partial charge on any atom is -0.480 e. The number of hydrogen-bond acceptors (Lipinski definition) is 3. The van der Waals surface area contributed by atoms with Crippen LogP contribution in [0.15, 0.2) is 0 Å². The van der Waals surface area contributed by atoms with Crippen LogP contribution in [-0.2, 0) is 9.59 Å². The summed E-state index contributed by atoms with van der Waals surface area (Å²) in [5.74, 6) is -0.839. The van der Waals surface area contributed by atoms with Crippen LogP contribution in [0.2, 0.25) is 0 Å². The maximum absolute atomic E-state index is 12.1. The lowest BCUT2D eigenvalue weighted by molar-refractivity contribution is -0.137. The van der Waals surface area contributed by atoms with Crippen LogP contribution in [0.25, 0.3) is 0 Å². The van der Waals surface area contributed by atoms with Gasteiger partial charge in [0, 0.05) is 6.04 Å². The second-order valence-corrected chi connectivity index (χ2v) is 7.11. The lowest BCUT2D eigenvalue weighted by atomic mass is 9.95. The van der Waals surface area contributed by atoms with Crippen LogP contribution in [0.4, 0.5) is 0 Å². The van der Waals surface area contributed by atoms with E-state index in [0.29, 0.717) is 0 Å². The number of hydrogen-bond donors (Lipinski definition) is 2. The number of carbonyl (C=O) groups excluding carboxylic acids is 1. The normalized spacial score (nSPS) is 20.0. The van der Waals surface area contributed by atoms with E-state index >= 15 is 0 Å². The molecule has 2 N–H and O–H groups in total. The molecule has 2 unspecified atom stereocenters. The van der Waals surface area contributed by atoms with Crippen molar-refractivity contribution >= 4 is 23.6 Å². The summed E-state index contributed by atoms with van der Waals surface area (Å²) in [6.45, 7) is 5.54. The first-order valence-electron chi connectivity index (χ1n) is 7.10. The van der Waals surface area contributed by atoms with Crippen molar-refractivity contribution in [2.24, 2.45) is 5.92 Å². The van der Waals surface area contributed by atoms with Crippen LogP contribution in [0.1, 0.15) is 52.9 Å². The van der Waals surface area contributed by atoms with Crippen LogP contribution in [0.5, 0.6) is 0 Å². The third-order valence-electron chi connectivity index (χ3n) is 3.52. The van der Waals surface area contributed by atoms with Gasteiger partial charge in [0.1, 0.15) is 5.25 Å². The molecule has 0 spiro atoms. The van der Waals surface area contributed by atoms with Gasteiger partial charge in [-0.2, -0.15) is 0 Å². The molecule has 0 aromatic heterocycles. The summed E-state index contributed by atoms with van der Waals surface area (Å²) < 4.78 is 0. The summed E-state index contributed by atoms with van der Waals surface area (Å²) in [7, 11) is 0. The third kappa shape index (κ3) is 5.43. The first-order chi connectivity index (χ1) is 8.91. The Balaban J connectivity index is 2.44. The highest BCUT2D eigenvalue weighted by Crippen LogP contribution is 2.25. The van der Waals surface area contributed by atoms with Gasteiger partial charge in [-0.15, -0.1) is 11.8 Å². The fourth-order valence-electron chi connectivity index (χ4n) is 2.35. The minimum absolute atomic E-state index is 0.0208.